The molecule has 2 aromatic heterocycles. The molecule has 2 aliphatic rings. The predicted octanol–water partition coefficient (Wildman–Crippen LogP) is 2.25. The van der Waals surface area contributed by atoms with E-state index in [2.05, 4.69) is 31.6 Å². The van der Waals surface area contributed by atoms with E-state index in [1.54, 1.807) is 25.2 Å². The lowest BCUT2D eigenvalue weighted by Crippen LogP contribution is -2.59. The van der Waals surface area contributed by atoms with Gasteiger partial charge in [-0.1, -0.05) is 12.6 Å². The maximum Gasteiger partial charge on any atom is 0.259 e. The van der Waals surface area contributed by atoms with Crippen LogP contribution in [-0.2, 0) is 4.79 Å². The van der Waals surface area contributed by atoms with E-state index in [1.807, 2.05) is 24.0 Å². The number of aromatic nitrogens is 4. The number of amides is 2. The molecule has 0 aliphatic carbocycles. The molecule has 4 heterocycles. The van der Waals surface area contributed by atoms with Gasteiger partial charge in [-0.3, -0.25) is 14.7 Å². The van der Waals surface area contributed by atoms with Crippen molar-refractivity contribution in [2.75, 3.05) is 45.2 Å². The van der Waals surface area contributed by atoms with E-state index >= 15 is 0 Å². The predicted molar refractivity (Wildman–Crippen MR) is 126 cm³/mol. The first-order valence-electron chi connectivity index (χ1n) is 11.0. The summed E-state index contributed by atoms with van der Waals surface area (Å²) in [7, 11) is 3.48. The quantitative estimate of drug-likeness (QED) is 0.619. The van der Waals surface area contributed by atoms with Crippen LogP contribution in [0.2, 0.25) is 0 Å². The monoisotopic (exact) mass is 445 g/mol. The molecule has 0 atom stereocenters. The SMILES string of the molecule is C=CC(=O)N1CC2(CCN(c3ncnc(-c4c(C)ccc5[nH]ncc45)c3C(=O)N(C)C)C2)C1. The number of H-pyrrole nitrogens is 1. The number of aryl methyl sites for hydroxylation is 1. The number of hydrogen-bond donors (Lipinski definition) is 1. The number of carbonyl (C=O) groups is 2. The fraction of sp³-hybridized carbons (Fsp3) is 0.375. The second kappa shape index (κ2) is 7.68. The van der Waals surface area contributed by atoms with Gasteiger partial charge in [-0.05, 0) is 31.1 Å². The summed E-state index contributed by atoms with van der Waals surface area (Å²) in [6.07, 6.45) is 5.62. The first-order valence-corrected chi connectivity index (χ1v) is 11.0. The molecule has 5 rings (SSSR count). The molecular weight excluding hydrogens is 418 g/mol. The number of benzene rings is 1. The fourth-order valence-electron chi connectivity index (χ4n) is 5.09. The molecule has 3 aromatic rings. The lowest BCUT2D eigenvalue weighted by Gasteiger charge is -2.47. The maximum atomic E-state index is 13.5. The molecule has 33 heavy (non-hydrogen) atoms. The Morgan fingerprint density at radius 2 is 2.00 bits per heavy atom. The molecule has 9 heteroatoms. The van der Waals surface area contributed by atoms with Crippen molar-refractivity contribution in [3.8, 4) is 11.3 Å². The van der Waals surface area contributed by atoms with Gasteiger partial charge >= 0.3 is 0 Å². The highest BCUT2D eigenvalue weighted by molar-refractivity contribution is 6.08. The molecule has 2 fully saturated rings. The average Bonchev–Trinajstić information content (AvgIpc) is 3.44. The zero-order chi connectivity index (χ0) is 23.3. The van der Waals surface area contributed by atoms with Crippen molar-refractivity contribution in [3.63, 3.8) is 0 Å². The van der Waals surface area contributed by atoms with Crippen LogP contribution >= 0.6 is 0 Å². The number of nitrogens with one attached hydrogen (secondary N) is 1. The maximum absolute atomic E-state index is 13.5. The van der Waals surface area contributed by atoms with Crippen LogP contribution in [0.4, 0.5) is 5.82 Å². The van der Waals surface area contributed by atoms with Crippen molar-refractivity contribution in [2.45, 2.75) is 13.3 Å². The van der Waals surface area contributed by atoms with Gasteiger partial charge in [-0.2, -0.15) is 5.10 Å². The third-order valence-electron chi connectivity index (χ3n) is 6.79. The van der Waals surface area contributed by atoms with Crippen LogP contribution in [0.1, 0.15) is 22.3 Å². The molecule has 170 valence electrons. The van der Waals surface area contributed by atoms with E-state index in [0.717, 1.165) is 41.5 Å². The van der Waals surface area contributed by atoms with Gasteiger partial charge in [-0.25, -0.2) is 9.97 Å². The summed E-state index contributed by atoms with van der Waals surface area (Å²) < 4.78 is 0. The van der Waals surface area contributed by atoms with E-state index < -0.39 is 0 Å². The van der Waals surface area contributed by atoms with Crippen molar-refractivity contribution in [2.24, 2.45) is 5.41 Å². The van der Waals surface area contributed by atoms with Gasteiger partial charge in [0, 0.05) is 56.6 Å². The van der Waals surface area contributed by atoms with Crippen molar-refractivity contribution in [3.05, 3.63) is 48.4 Å². The van der Waals surface area contributed by atoms with Crippen LogP contribution in [0.15, 0.2) is 37.3 Å². The van der Waals surface area contributed by atoms with Crippen molar-refractivity contribution in [1.29, 1.82) is 0 Å². The van der Waals surface area contributed by atoms with E-state index in [1.165, 1.54) is 12.4 Å². The molecule has 1 spiro atoms. The third kappa shape index (κ3) is 3.35. The molecular formula is C24H27N7O2. The molecule has 0 unspecified atom stereocenters. The molecule has 0 saturated carbocycles. The third-order valence-corrected chi connectivity index (χ3v) is 6.79. The number of nitrogens with zero attached hydrogens (tertiary/aromatic N) is 6. The van der Waals surface area contributed by atoms with E-state index in [-0.39, 0.29) is 17.2 Å². The largest absolute Gasteiger partial charge is 0.355 e. The van der Waals surface area contributed by atoms with Crippen LogP contribution in [0, 0.1) is 12.3 Å². The highest BCUT2D eigenvalue weighted by Crippen LogP contribution is 2.43. The van der Waals surface area contributed by atoms with Crippen molar-refractivity contribution >= 4 is 28.5 Å². The number of hydrogen-bond acceptors (Lipinski definition) is 6. The molecule has 2 saturated heterocycles. The summed E-state index contributed by atoms with van der Waals surface area (Å²) in [4.78, 5) is 40.1. The van der Waals surface area contributed by atoms with Gasteiger partial charge in [0.25, 0.3) is 5.91 Å². The lowest BCUT2D eigenvalue weighted by molar-refractivity contribution is -0.136. The van der Waals surface area contributed by atoms with Gasteiger partial charge in [-0.15, -0.1) is 0 Å². The van der Waals surface area contributed by atoms with Gasteiger partial charge in [0.15, 0.2) is 0 Å². The van der Waals surface area contributed by atoms with Gasteiger partial charge in [0.1, 0.15) is 17.7 Å². The first-order chi connectivity index (χ1) is 15.8. The highest BCUT2D eigenvalue weighted by Gasteiger charge is 2.49. The number of aromatic amines is 1. The number of fused-ring (bicyclic) bond motifs is 1. The summed E-state index contributed by atoms with van der Waals surface area (Å²) in [5.74, 6) is 0.470. The first kappa shape index (κ1) is 21.1. The molecule has 9 nitrogen and oxygen atoms in total. The molecule has 1 aromatic carbocycles. The zero-order valence-corrected chi connectivity index (χ0v) is 19.1. The second-order valence-corrected chi connectivity index (χ2v) is 9.28. The molecule has 1 N–H and O–H groups in total. The van der Waals surface area contributed by atoms with Gasteiger partial charge < -0.3 is 14.7 Å². The minimum absolute atomic E-state index is 0.0305. The number of likely N-dealkylation sites (tertiary alicyclic amines) is 1. The molecule has 2 aliphatic heterocycles. The fourth-order valence-corrected chi connectivity index (χ4v) is 5.09. The second-order valence-electron chi connectivity index (χ2n) is 9.28. The molecule has 0 radical (unpaired) electrons. The van der Waals surface area contributed by atoms with E-state index in [0.29, 0.717) is 30.2 Å². The zero-order valence-electron chi connectivity index (χ0n) is 19.1. The number of carbonyl (C=O) groups excluding carboxylic acids is 2. The Bertz CT molecular complexity index is 1270. The topological polar surface area (TPSA) is 98.3 Å². The Labute approximate surface area is 192 Å². The normalized spacial score (nSPS) is 16.8. The summed E-state index contributed by atoms with van der Waals surface area (Å²) in [5, 5.41) is 8.11. The van der Waals surface area contributed by atoms with Crippen LogP contribution in [0.25, 0.3) is 22.2 Å². The van der Waals surface area contributed by atoms with Gasteiger partial charge in [0.2, 0.25) is 5.91 Å². The van der Waals surface area contributed by atoms with Crippen molar-refractivity contribution in [1.82, 2.24) is 30.0 Å². The Hall–Kier alpha value is -3.75. The number of rotatable bonds is 4. The standard InChI is InChI=1S/C24H27N7O2/c1-5-18(32)31-12-24(13-31)8-9-30(11-24)22-20(23(33)29(3)4)21(25-14-26-22)19-15(2)6-7-17-16(19)10-27-28-17/h5-7,10,14H,1,8-9,11-13H2,2-4H3,(H,27,28). The summed E-state index contributed by atoms with van der Waals surface area (Å²) in [5.41, 5.74) is 3.92. The summed E-state index contributed by atoms with van der Waals surface area (Å²) >= 11 is 0. The summed E-state index contributed by atoms with van der Waals surface area (Å²) in [6.45, 7) is 8.52. The molecule has 0 bridgehead atoms. The number of anilines is 1. The average molecular weight is 446 g/mol. The Kier molecular flexibility index (Phi) is 4.92. The minimum Gasteiger partial charge on any atom is -0.355 e. The van der Waals surface area contributed by atoms with Crippen LogP contribution in [0.3, 0.4) is 0 Å². The van der Waals surface area contributed by atoms with Gasteiger partial charge in [0.05, 0.1) is 17.4 Å². The van der Waals surface area contributed by atoms with E-state index in [4.69, 9.17) is 0 Å². The Balaban J connectivity index is 1.58. The molecule has 2 amide bonds. The van der Waals surface area contributed by atoms with Crippen LogP contribution in [0.5, 0.6) is 0 Å². The highest BCUT2D eigenvalue weighted by atomic mass is 16.2. The minimum atomic E-state index is -0.140. The smallest absolute Gasteiger partial charge is 0.259 e. The van der Waals surface area contributed by atoms with Crippen LogP contribution < -0.4 is 4.90 Å². The van der Waals surface area contributed by atoms with E-state index in [9.17, 15) is 9.59 Å². The Morgan fingerprint density at radius 1 is 1.21 bits per heavy atom. The lowest BCUT2D eigenvalue weighted by atomic mass is 9.79. The summed E-state index contributed by atoms with van der Waals surface area (Å²) in [6, 6.07) is 3.99. The van der Waals surface area contributed by atoms with Crippen molar-refractivity contribution < 1.29 is 9.59 Å². The Morgan fingerprint density at radius 3 is 2.73 bits per heavy atom. The van der Waals surface area contributed by atoms with Crippen LogP contribution in [-0.4, -0.2) is 82.1 Å².